The minimum atomic E-state index is -0.460. The van der Waals surface area contributed by atoms with Crippen molar-refractivity contribution in [3.63, 3.8) is 0 Å². The molecule has 2 rings (SSSR count). The van der Waals surface area contributed by atoms with Crippen molar-refractivity contribution in [2.45, 2.75) is 6.61 Å². The summed E-state index contributed by atoms with van der Waals surface area (Å²) in [5, 5.41) is 11.3. The maximum atomic E-state index is 10.9. The number of hydrogen-bond acceptors (Lipinski definition) is 3. The molecule has 2 aromatic carbocycles. The minimum Gasteiger partial charge on any atom is -0.489 e. The molecule has 0 aromatic heterocycles. The van der Waals surface area contributed by atoms with Crippen LogP contribution >= 0.6 is 34.2 Å². The van der Waals surface area contributed by atoms with Crippen LogP contribution in [0.4, 0.5) is 5.69 Å². The fourth-order valence-electron chi connectivity index (χ4n) is 1.52. The molecular formula is C13H9ClINO3. The molecule has 0 atom stereocenters. The van der Waals surface area contributed by atoms with E-state index in [1.54, 1.807) is 12.1 Å². The van der Waals surface area contributed by atoms with E-state index in [0.717, 1.165) is 3.57 Å². The average Bonchev–Trinajstić information content (AvgIpc) is 2.39. The molecule has 0 unspecified atom stereocenters. The molecule has 0 aliphatic carbocycles. The molecule has 0 radical (unpaired) electrons. The predicted octanol–water partition coefficient (Wildman–Crippen LogP) is 4.43. The van der Waals surface area contributed by atoms with Crippen molar-refractivity contribution < 1.29 is 9.66 Å². The third kappa shape index (κ3) is 3.81. The van der Waals surface area contributed by atoms with E-state index >= 15 is 0 Å². The summed E-state index contributed by atoms with van der Waals surface area (Å²) in [6.45, 7) is 0.133. The summed E-state index contributed by atoms with van der Waals surface area (Å²) in [5.41, 5.74) is 0.464. The van der Waals surface area contributed by atoms with Crippen molar-refractivity contribution >= 4 is 39.9 Å². The molecule has 0 saturated heterocycles. The van der Waals surface area contributed by atoms with Gasteiger partial charge in [0.05, 0.1) is 10.5 Å². The van der Waals surface area contributed by atoms with E-state index in [1.807, 2.05) is 24.3 Å². The van der Waals surface area contributed by atoms with Gasteiger partial charge in [0.25, 0.3) is 5.69 Å². The van der Waals surface area contributed by atoms with Crippen LogP contribution in [0.5, 0.6) is 5.75 Å². The summed E-state index contributed by atoms with van der Waals surface area (Å²) in [4.78, 5) is 10.5. The molecule has 2 aromatic rings. The fourth-order valence-corrected chi connectivity index (χ4v) is 2.05. The van der Waals surface area contributed by atoms with Gasteiger partial charge in [0.15, 0.2) is 0 Å². The molecule has 0 amide bonds. The van der Waals surface area contributed by atoms with Crippen LogP contribution in [0, 0.1) is 13.7 Å². The molecule has 0 aliphatic rings. The van der Waals surface area contributed by atoms with Gasteiger partial charge in [-0.15, -0.1) is 0 Å². The zero-order valence-electron chi connectivity index (χ0n) is 9.68. The molecule has 0 spiro atoms. The quantitative estimate of drug-likeness (QED) is 0.441. The first kappa shape index (κ1) is 14.1. The molecule has 0 aliphatic heterocycles. The Kier molecular flexibility index (Phi) is 4.60. The number of nitro benzene ring substituents is 1. The molecule has 0 fully saturated rings. The van der Waals surface area contributed by atoms with Crippen molar-refractivity contribution in [1.82, 2.24) is 0 Å². The number of nitro groups is 1. The minimum absolute atomic E-state index is 0.0296. The molecule has 6 heteroatoms. The zero-order chi connectivity index (χ0) is 13.8. The van der Waals surface area contributed by atoms with Gasteiger partial charge < -0.3 is 4.74 Å². The Morgan fingerprint density at radius 2 is 1.89 bits per heavy atom. The standard InChI is InChI=1S/C13H9ClINO3/c14-10-2-1-9(13(7-10)16(17)18)8-19-12-5-3-11(15)4-6-12/h1-7H,8H2. The Bertz CT molecular complexity index is 601. The lowest BCUT2D eigenvalue weighted by Crippen LogP contribution is -2.00. The van der Waals surface area contributed by atoms with Gasteiger partial charge in [0, 0.05) is 14.7 Å². The van der Waals surface area contributed by atoms with E-state index in [0.29, 0.717) is 16.3 Å². The molecule has 0 bridgehead atoms. The van der Waals surface area contributed by atoms with Gasteiger partial charge in [-0.2, -0.15) is 0 Å². The first-order valence-electron chi connectivity index (χ1n) is 5.37. The second-order valence-electron chi connectivity index (χ2n) is 3.77. The van der Waals surface area contributed by atoms with Gasteiger partial charge in [-0.25, -0.2) is 0 Å². The number of hydrogen-bond donors (Lipinski definition) is 0. The molecule has 4 nitrogen and oxygen atoms in total. The van der Waals surface area contributed by atoms with Crippen molar-refractivity contribution in [3.8, 4) is 5.75 Å². The Labute approximate surface area is 128 Å². The summed E-state index contributed by atoms with van der Waals surface area (Å²) in [6, 6.07) is 12.0. The number of halogens is 2. The van der Waals surface area contributed by atoms with Crippen molar-refractivity contribution in [3.05, 3.63) is 66.7 Å². The van der Waals surface area contributed by atoms with Crippen LogP contribution in [0.15, 0.2) is 42.5 Å². The summed E-state index contributed by atoms with van der Waals surface area (Å²) in [5.74, 6) is 0.671. The number of benzene rings is 2. The van der Waals surface area contributed by atoms with E-state index in [9.17, 15) is 10.1 Å². The van der Waals surface area contributed by atoms with Crippen LogP contribution in [0.25, 0.3) is 0 Å². The van der Waals surface area contributed by atoms with E-state index in [1.165, 1.54) is 6.07 Å². The normalized spacial score (nSPS) is 10.2. The first-order valence-corrected chi connectivity index (χ1v) is 6.83. The molecule has 98 valence electrons. The topological polar surface area (TPSA) is 52.4 Å². The van der Waals surface area contributed by atoms with Gasteiger partial charge in [-0.05, 0) is 59.0 Å². The molecule has 19 heavy (non-hydrogen) atoms. The lowest BCUT2D eigenvalue weighted by Gasteiger charge is -2.07. The van der Waals surface area contributed by atoms with Crippen molar-refractivity contribution in [2.24, 2.45) is 0 Å². The third-order valence-electron chi connectivity index (χ3n) is 2.45. The van der Waals surface area contributed by atoms with Gasteiger partial charge in [-0.1, -0.05) is 11.6 Å². The van der Waals surface area contributed by atoms with E-state index in [2.05, 4.69) is 22.6 Å². The highest BCUT2D eigenvalue weighted by molar-refractivity contribution is 14.1. The van der Waals surface area contributed by atoms with Crippen LogP contribution in [0.1, 0.15) is 5.56 Å². The summed E-state index contributed by atoms with van der Waals surface area (Å²) >= 11 is 7.94. The summed E-state index contributed by atoms with van der Waals surface area (Å²) in [7, 11) is 0. The Hall–Kier alpha value is -1.34. The van der Waals surface area contributed by atoms with E-state index < -0.39 is 4.92 Å². The lowest BCUT2D eigenvalue weighted by molar-refractivity contribution is -0.385. The van der Waals surface area contributed by atoms with Crippen LogP contribution in [0.3, 0.4) is 0 Å². The molecule has 0 saturated carbocycles. The lowest BCUT2D eigenvalue weighted by atomic mass is 10.2. The highest BCUT2D eigenvalue weighted by atomic mass is 127. The van der Waals surface area contributed by atoms with Crippen LogP contribution in [0.2, 0.25) is 5.02 Å². The van der Waals surface area contributed by atoms with E-state index in [4.69, 9.17) is 16.3 Å². The molecule has 0 N–H and O–H groups in total. The maximum Gasteiger partial charge on any atom is 0.277 e. The second kappa shape index (κ2) is 6.21. The summed E-state index contributed by atoms with van der Waals surface area (Å²) < 4.78 is 6.63. The highest BCUT2D eigenvalue weighted by Crippen LogP contribution is 2.24. The third-order valence-corrected chi connectivity index (χ3v) is 3.41. The second-order valence-corrected chi connectivity index (χ2v) is 5.45. The predicted molar refractivity (Wildman–Crippen MR) is 81.6 cm³/mol. The highest BCUT2D eigenvalue weighted by Gasteiger charge is 2.14. The smallest absolute Gasteiger partial charge is 0.277 e. The number of nitrogens with zero attached hydrogens (tertiary/aromatic N) is 1. The van der Waals surface area contributed by atoms with Crippen LogP contribution in [-0.4, -0.2) is 4.92 Å². The summed E-state index contributed by atoms with van der Waals surface area (Å²) in [6.07, 6.45) is 0. The van der Waals surface area contributed by atoms with E-state index in [-0.39, 0.29) is 12.3 Å². The average molecular weight is 390 g/mol. The van der Waals surface area contributed by atoms with Crippen molar-refractivity contribution in [1.29, 1.82) is 0 Å². The van der Waals surface area contributed by atoms with Gasteiger partial charge in [-0.3, -0.25) is 10.1 Å². The van der Waals surface area contributed by atoms with Gasteiger partial charge in [0.2, 0.25) is 0 Å². The number of rotatable bonds is 4. The van der Waals surface area contributed by atoms with Crippen LogP contribution in [-0.2, 0) is 6.61 Å². The fraction of sp³-hybridized carbons (Fsp3) is 0.0769. The Morgan fingerprint density at radius 3 is 2.53 bits per heavy atom. The monoisotopic (exact) mass is 389 g/mol. The Morgan fingerprint density at radius 1 is 1.21 bits per heavy atom. The van der Waals surface area contributed by atoms with Crippen molar-refractivity contribution in [2.75, 3.05) is 0 Å². The maximum absolute atomic E-state index is 10.9. The largest absolute Gasteiger partial charge is 0.489 e. The molecule has 0 heterocycles. The zero-order valence-corrected chi connectivity index (χ0v) is 12.6. The Balaban J connectivity index is 2.15. The first-order chi connectivity index (χ1) is 9.06. The SMILES string of the molecule is O=[N+]([O-])c1cc(Cl)ccc1COc1ccc(I)cc1. The van der Waals surface area contributed by atoms with Gasteiger partial charge in [0.1, 0.15) is 12.4 Å². The number of ether oxygens (including phenoxy) is 1. The van der Waals surface area contributed by atoms with Crippen LogP contribution < -0.4 is 4.74 Å². The van der Waals surface area contributed by atoms with Gasteiger partial charge >= 0.3 is 0 Å². The molecular weight excluding hydrogens is 381 g/mol.